The molecule has 0 saturated heterocycles. The lowest BCUT2D eigenvalue weighted by Gasteiger charge is -2.14. The molecule has 9 nitrogen and oxygen atoms in total. The molecule has 4 rings (SSSR count). The Labute approximate surface area is 198 Å². The van der Waals surface area contributed by atoms with E-state index in [1.807, 2.05) is 12.1 Å². The van der Waals surface area contributed by atoms with E-state index in [-0.39, 0.29) is 41.1 Å². The van der Waals surface area contributed by atoms with Gasteiger partial charge in [0, 0.05) is 24.1 Å². The lowest BCUT2D eigenvalue weighted by molar-refractivity contribution is -0.116. The number of sulfonamides is 1. The van der Waals surface area contributed by atoms with Crippen LogP contribution in [-0.4, -0.2) is 37.1 Å². The number of hydrogen-bond donors (Lipinski definition) is 2. The van der Waals surface area contributed by atoms with Gasteiger partial charge in [-0.25, -0.2) is 8.42 Å². The molecule has 3 aromatic rings. The summed E-state index contributed by atoms with van der Waals surface area (Å²) in [6.45, 7) is 5.82. The van der Waals surface area contributed by atoms with Gasteiger partial charge >= 0.3 is 0 Å². The number of carbonyl (C=O) groups excluding carboxylic acids is 2. The average molecular weight is 483 g/mol. The minimum absolute atomic E-state index is 0.0428. The van der Waals surface area contributed by atoms with Gasteiger partial charge in [-0.3, -0.25) is 14.3 Å². The molecular weight excluding hydrogens is 456 g/mol. The second-order valence-electron chi connectivity index (χ2n) is 8.41. The molecule has 34 heavy (non-hydrogen) atoms. The molecule has 0 unspecified atom stereocenters. The Morgan fingerprint density at radius 3 is 2.44 bits per heavy atom. The summed E-state index contributed by atoms with van der Waals surface area (Å²) in [6.07, 6.45) is 0.101. The Balaban J connectivity index is 1.78. The molecule has 0 atom stereocenters. The lowest BCUT2D eigenvalue weighted by atomic mass is 10.0. The van der Waals surface area contributed by atoms with Crippen LogP contribution < -0.4 is 14.8 Å². The fourth-order valence-electron chi connectivity index (χ4n) is 3.88. The Kier molecular flexibility index (Phi) is 6.18. The number of aromatic nitrogens is 2. The number of anilines is 2. The van der Waals surface area contributed by atoms with Crippen molar-refractivity contribution in [1.29, 1.82) is 0 Å². The van der Waals surface area contributed by atoms with Crippen molar-refractivity contribution in [3.8, 4) is 16.9 Å². The summed E-state index contributed by atoms with van der Waals surface area (Å²) >= 11 is 0. The van der Waals surface area contributed by atoms with Gasteiger partial charge in [-0.15, -0.1) is 0 Å². The second kappa shape index (κ2) is 8.94. The number of ether oxygens (including phenoxy) is 1. The van der Waals surface area contributed by atoms with Crippen LogP contribution >= 0.6 is 0 Å². The average Bonchev–Trinajstić information content (AvgIpc) is 3.05. The van der Waals surface area contributed by atoms with Gasteiger partial charge in [0.2, 0.25) is 11.8 Å². The van der Waals surface area contributed by atoms with E-state index in [2.05, 4.69) is 29.0 Å². The normalized spacial score (nSPS) is 13.9. The molecule has 1 aliphatic rings. The Morgan fingerprint density at radius 1 is 1.09 bits per heavy atom. The van der Waals surface area contributed by atoms with Crippen molar-refractivity contribution in [3.63, 3.8) is 0 Å². The number of carbonyl (C=O) groups is 2. The van der Waals surface area contributed by atoms with Crippen molar-refractivity contribution in [1.82, 2.24) is 9.78 Å². The van der Waals surface area contributed by atoms with Crippen LogP contribution in [0.4, 0.5) is 11.5 Å². The molecule has 0 radical (unpaired) electrons. The summed E-state index contributed by atoms with van der Waals surface area (Å²) < 4.78 is 35.7. The Morgan fingerprint density at radius 2 is 1.79 bits per heavy atom. The van der Waals surface area contributed by atoms with E-state index >= 15 is 0 Å². The van der Waals surface area contributed by atoms with E-state index in [9.17, 15) is 18.0 Å². The predicted molar refractivity (Wildman–Crippen MR) is 129 cm³/mol. The van der Waals surface area contributed by atoms with Crippen LogP contribution in [0.25, 0.3) is 11.1 Å². The third kappa shape index (κ3) is 4.41. The molecule has 1 aromatic heterocycles. The van der Waals surface area contributed by atoms with E-state index in [0.29, 0.717) is 28.4 Å². The zero-order valence-corrected chi connectivity index (χ0v) is 20.2. The van der Waals surface area contributed by atoms with Crippen molar-refractivity contribution in [2.45, 2.75) is 44.4 Å². The maximum atomic E-state index is 13.3. The first-order valence-corrected chi connectivity index (χ1v) is 12.3. The maximum Gasteiger partial charge on any atom is 0.265 e. The Hall–Kier alpha value is -3.66. The van der Waals surface area contributed by atoms with Gasteiger partial charge in [0.25, 0.3) is 10.0 Å². The number of hydrogen-bond acceptors (Lipinski definition) is 6. The third-order valence-electron chi connectivity index (χ3n) is 5.69. The second-order valence-corrected chi connectivity index (χ2v) is 10.1. The van der Waals surface area contributed by atoms with Gasteiger partial charge in [-0.1, -0.05) is 32.0 Å². The van der Waals surface area contributed by atoms with E-state index < -0.39 is 10.0 Å². The van der Waals surface area contributed by atoms with Gasteiger partial charge in [0.15, 0.2) is 0 Å². The van der Waals surface area contributed by atoms with Gasteiger partial charge in [-0.2, -0.15) is 9.78 Å². The number of methoxy groups -OCH3 is 1. The van der Waals surface area contributed by atoms with Gasteiger partial charge in [-0.05, 0) is 48.2 Å². The van der Waals surface area contributed by atoms with E-state index in [4.69, 9.17) is 4.74 Å². The first kappa shape index (κ1) is 23.5. The minimum Gasteiger partial charge on any atom is -0.495 e. The van der Waals surface area contributed by atoms with Crippen LogP contribution in [0.5, 0.6) is 5.75 Å². The number of nitrogens with one attached hydrogen (secondary N) is 2. The maximum absolute atomic E-state index is 13.3. The summed E-state index contributed by atoms with van der Waals surface area (Å²) in [6, 6.07) is 11.8. The van der Waals surface area contributed by atoms with Crippen LogP contribution in [0.3, 0.4) is 0 Å². The molecule has 1 aliphatic heterocycles. The largest absolute Gasteiger partial charge is 0.495 e. The summed E-state index contributed by atoms with van der Waals surface area (Å²) in [4.78, 5) is 24.5. The van der Waals surface area contributed by atoms with Crippen LogP contribution in [0, 0.1) is 6.92 Å². The van der Waals surface area contributed by atoms with Crippen LogP contribution in [-0.2, 0) is 14.8 Å². The number of fused-ring (bicyclic) bond motifs is 1. The van der Waals surface area contributed by atoms with E-state index in [1.54, 1.807) is 25.1 Å². The summed E-state index contributed by atoms with van der Waals surface area (Å²) in [5.41, 5.74) is 2.95. The molecule has 0 bridgehead atoms. The van der Waals surface area contributed by atoms with Gasteiger partial charge in [0.05, 0.1) is 12.8 Å². The van der Waals surface area contributed by atoms with Crippen molar-refractivity contribution in [3.05, 3.63) is 53.7 Å². The molecule has 0 saturated carbocycles. The minimum atomic E-state index is -4.02. The highest BCUT2D eigenvalue weighted by Gasteiger charge is 2.28. The quantitative estimate of drug-likeness (QED) is 0.544. The monoisotopic (exact) mass is 482 g/mol. The first-order valence-electron chi connectivity index (χ1n) is 10.8. The van der Waals surface area contributed by atoms with Crippen LogP contribution in [0.2, 0.25) is 0 Å². The molecule has 0 fully saturated rings. The lowest BCUT2D eigenvalue weighted by Crippen LogP contribution is -2.14. The molecular formula is C24H26N4O5S. The third-order valence-corrected chi connectivity index (χ3v) is 7.09. The number of nitrogens with zero attached hydrogens (tertiary/aromatic N) is 2. The van der Waals surface area contributed by atoms with Gasteiger partial charge < -0.3 is 10.1 Å². The molecule has 1 amide bonds. The molecule has 178 valence electrons. The van der Waals surface area contributed by atoms with Crippen LogP contribution in [0.15, 0.2) is 47.4 Å². The highest BCUT2D eigenvalue weighted by atomic mass is 32.2. The zero-order chi connectivity index (χ0) is 24.6. The van der Waals surface area contributed by atoms with E-state index in [1.165, 1.54) is 23.9 Å². The van der Waals surface area contributed by atoms with Crippen molar-refractivity contribution >= 4 is 33.3 Å². The van der Waals surface area contributed by atoms with Crippen molar-refractivity contribution < 1.29 is 22.7 Å². The fourth-order valence-corrected chi connectivity index (χ4v) is 5.13. The zero-order valence-electron chi connectivity index (χ0n) is 19.4. The number of rotatable bonds is 6. The van der Waals surface area contributed by atoms with Gasteiger partial charge in [0.1, 0.15) is 16.5 Å². The van der Waals surface area contributed by atoms with Crippen LogP contribution in [0.1, 0.15) is 48.7 Å². The number of aryl methyl sites for hydroxylation is 1. The summed E-state index contributed by atoms with van der Waals surface area (Å²) in [5, 5.41) is 7.01. The number of amides is 1. The molecule has 2 aromatic carbocycles. The molecule has 0 spiro atoms. The first-order chi connectivity index (χ1) is 16.1. The summed E-state index contributed by atoms with van der Waals surface area (Å²) in [5.74, 6) is 0.0997. The van der Waals surface area contributed by atoms with E-state index in [0.717, 1.165) is 5.56 Å². The van der Waals surface area contributed by atoms with Crippen molar-refractivity contribution in [2.24, 2.45) is 0 Å². The van der Waals surface area contributed by atoms with Crippen molar-refractivity contribution in [2.75, 3.05) is 17.1 Å². The fraction of sp³-hybridized carbons (Fsp3) is 0.292. The summed E-state index contributed by atoms with van der Waals surface area (Å²) in [7, 11) is -2.63. The predicted octanol–water partition coefficient (Wildman–Crippen LogP) is 4.16. The standard InChI is InChI=1S/C24H26N4O5S/c1-14(2)16-5-8-18(9-6-16)27-34(31,32)20-13-17(7-10-19(20)33-4)23-15(3)26-28-22(30)12-11-21(29)25-24(23)28/h5-10,13-14,27H,11-12H2,1-4H3,(H,25,29). The molecule has 2 N–H and O–H groups in total. The highest BCUT2D eigenvalue weighted by molar-refractivity contribution is 7.92. The highest BCUT2D eigenvalue weighted by Crippen LogP contribution is 2.37. The molecule has 0 aliphatic carbocycles. The topological polar surface area (TPSA) is 119 Å². The molecule has 2 heterocycles. The SMILES string of the molecule is COc1ccc(-c2c(C)nn3c2NC(=O)CCC3=O)cc1S(=O)(=O)Nc1ccc(C(C)C)cc1. The molecule has 10 heteroatoms. The number of benzene rings is 2. The smallest absolute Gasteiger partial charge is 0.265 e. The Bertz CT molecular complexity index is 1380.